The number of ether oxygens (including phenoxy) is 1. The number of halogens is 3. The molecule has 2 aromatic carbocycles. The Bertz CT molecular complexity index is 991. The van der Waals surface area contributed by atoms with E-state index < -0.39 is 5.91 Å². The summed E-state index contributed by atoms with van der Waals surface area (Å²) >= 11 is 19.7. The normalized spacial score (nSPS) is 12.1. The Morgan fingerprint density at radius 2 is 1.92 bits per heavy atom. The maximum absolute atomic E-state index is 12.6. The number of thiazole rings is 1. The van der Waals surface area contributed by atoms with Crippen LogP contribution >= 0.6 is 46.1 Å². The van der Waals surface area contributed by atoms with Crippen LogP contribution in [0, 0.1) is 0 Å². The Kier molecular flexibility index (Phi) is 5.81. The molecule has 1 heterocycles. The lowest BCUT2D eigenvalue weighted by Crippen LogP contribution is -2.19. The number of aromatic nitrogens is 1. The molecule has 0 aliphatic heterocycles. The van der Waals surface area contributed by atoms with E-state index in [-0.39, 0.29) is 0 Å². The summed E-state index contributed by atoms with van der Waals surface area (Å²) in [6.45, 7) is 1.00. The smallest absolute Gasteiger partial charge is 0.279 e. The average molecular weight is 416 g/mol. The predicted octanol–water partition coefficient (Wildman–Crippen LogP) is 5.05. The molecule has 0 radical (unpaired) electrons. The second-order valence-electron chi connectivity index (χ2n) is 5.19. The van der Waals surface area contributed by atoms with Crippen LogP contribution in [0.5, 0.6) is 0 Å². The predicted molar refractivity (Wildman–Crippen MR) is 103 cm³/mol. The minimum atomic E-state index is -0.418. The number of fused-ring (bicyclic) bond motifs is 1. The first-order valence-electron chi connectivity index (χ1n) is 7.31. The van der Waals surface area contributed by atoms with Gasteiger partial charge in [-0.3, -0.25) is 4.79 Å². The SMILES string of the molecule is COCCn1c(=NC(=O)c2cc(Cl)cc(Cl)c2)sc2cccc(Cl)c21. The maximum Gasteiger partial charge on any atom is 0.279 e. The number of para-hydroxylation sites is 1. The molecule has 0 N–H and O–H groups in total. The number of hydrogen-bond acceptors (Lipinski definition) is 3. The van der Waals surface area contributed by atoms with Crippen LogP contribution in [0.25, 0.3) is 10.2 Å². The number of methoxy groups -OCH3 is 1. The molecule has 0 saturated carbocycles. The molecule has 25 heavy (non-hydrogen) atoms. The monoisotopic (exact) mass is 414 g/mol. The third-order valence-electron chi connectivity index (χ3n) is 3.48. The minimum absolute atomic E-state index is 0.333. The summed E-state index contributed by atoms with van der Waals surface area (Å²) in [5, 5.41) is 1.37. The van der Waals surface area contributed by atoms with E-state index in [1.54, 1.807) is 25.3 Å². The first-order valence-corrected chi connectivity index (χ1v) is 9.26. The molecule has 0 aliphatic carbocycles. The van der Waals surface area contributed by atoms with Crippen molar-refractivity contribution in [3.63, 3.8) is 0 Å². The van der Waals surface area contributed by atoms with E-state index in [0.717, 1.165) is 10.2 Å². The highest BCUT2D eigenvalue weighted by Crippen LogP contribution is 2.25. The van der Waals surface area contributed by atoms with Gasteiger partial charge in [0.05, 0.1) is 21.8 Å². The third kappa shape index (κ3) is 4.07. The second-order valence-corrected chi connectivity index (χ2v) is 7.48. The van der Waals surface area contributed by atoms with Crippen LogP contribution in [0.3, 0.4) is 0 Å². The number of carbonyl (C=O) groups excluding carboxylic acids is 1. The Morgan fingerprint density at radius 3 is 2.60 bits per heavy atom. The molecule has 3 rings (SSSR count). The van der Waals surface area contributed by atoms with Gasteiger partial charge in [0.1, 0.15) is 0 Å². The lowest BCUT2D eigenvalue weighted by molar-refractivity contribution is 0.0997. The van der Waals surface area contributed by atoms with Gasteiger partial charge < -0.3 is 9.30 Å². The van der Waals surface area contributed by atoms with Crippen LogP contribution in [0.2, 0.25) is 15.1 Å². The van der Waals surface area contributed by atoms with Crippen LogP contribution in [0.15, 0.2) is 41.4 Å². The number of amides is 1. The fraction of sp³-hybridized carbons (Fsp3) is 0.176. The Hall–Kier alpha value is -1.37. The van der Waals surface area contributed by atoms with Crippen molar-refractivity contribution < 1.29 is 9.53 Å². The zero-order valence-electron chi connectivity index (χ0n) is 13.1. The second kappa shape index (κ2) is 7.89. The van der Waals surface area contributed by atoms with Crippen molar-refractivity contribution in [2.45, 2.75) is 6.54 Å². The molecule has 130 valence electrons. The Morgan fingerprint density at radius 1 is 1.20 bits per heavy atom. The number of rotatable bonds is 4. The lowest BCUT2D eigenvalue weighted by atomic mass is 10.2. The lowest BCUT2D eigenvalue weighted by Gasteiger charge is -2.05. The van der Waals surface area contributed by atoms with E-state index in [1.807, 2.05) is 22.8 Å². The largest absolute Gasteiger partial charge is 0.383 e. The molecule has 1 amide bonds. The third-order valence-corrected chi connectivity index (χ3v) is 5.26. The van der Waals surface area contributed by atoms with Gasteiger partial charge in [-0.05, 0) is 30.3 Å². The van der Waals surface area contributed by atoms with Gasteiger partial charge in [-0.15, -0.1) is 0 Å². The molecule has 0 saturated heterocycles. The molecule has 0 bridgehead atoms. The first-order chi connectivity index (χ1) is 12.0. The van der Waals surface area contributed by atoms with E-state index in [9.17, 15) is 4.79 Å². The molecular weight excluding hydrogens is 403 g/mol. The number of nitrogens with zero attached hydrogens (tertiary/aromatic N) is 2. The van der Waals surface area contributed by atoms with Crippen molar-refractivity contribution in [2.24, 2.45) is 4.99 Å². The zero-order valence-corrected chi connectivity index (χ0v) is 16.2. The fourth-order valence-corrected chi connectivity index (χ4v) is 4.33. The summed E-state index contributed by atoms with van der Waals surface area (Å²) in [6, 6.07) is 10.3. The maximum atomic E-state index is 12.6. The van der Waals surface area contributed by atoms with E-state index in [1.165, 1.54) is 11.3 Å². The van der Waals surface area contributed by atoms with Crippen molar-refractivity contribution >= 4 is 62.3 Å². The topological polar surface area (TPSA) is 43.6 Å². The average Bonchev–Trinajstić information content (AvgIpc) is 2.90. The van der Waals surface area contributed by atoms with Crippen LogP contribution < -0.4 is 4.80 Å². The molecule has 4 nitrogen and oxygen atoms in total. The minimum Gasteiger partial charge on any atom is -0.383 e. The van der Waals surface area contributed by atoms with E-state index >= 15 is 0 Å². The number of benzene rings is 2. The van der Waals surface area contributed by atoms with Gasteiger partial charge in [0.25, 0.3) is 5.91 Å². The highest BCUT2D eigenvalue weighted by molar-refractivity contribution is 7.16. The summed E-state index contributed by atoms with van der Waals surface area (Å²) < 4.78 is 7.99. The van der Waals surface area contributed by atoms with Crippen LogP contribution in [-0.4, -0.2) is 24.2 Å². The number of hydrogen-bond donors (Lipinski definition) is 0. The molecule has 0 unspecified atom stereocenters. The molecule has 0 aliphatic rings. The molecule has 3 aromatic rings. The quantitative estimate of drug-likeness (QED) is 0.598. The summed E-state index contributed by atoms with van der Waals surface area (Å²) in [6.07, 6.45) is 0. The molecular formula is C17H13Cl3N2O2S. The van der Waals surface area contributed by atoms with Gasteiger partial charge in [-0.1, -0.05) is 52.2 Å². The van der Waals surface area contributed by atoms with Crippen molar-refractivity contribution in [3.8, 4) is 0 Å². The molecule has 1 aromatic heterocycles. The highest BCUT2D eigenvalue weighted by Gasteiger charge is 2.12. The van der Waals surface area contributed by atoms with Crippen molar-refractivity contribution in [1.29, 1.82) is 0 Å². The fourth-order valence-electron chi connectivity index (χ4n) is 2.39. The van der Waals surface area contributed by atoms with Crippen LogP contribution in [-0.2, 0) is 11.3 Å². The van der Waals surface area contributed by atoms with Crippen LogP contribution in [0.1, 0.15) is 10.4 Å². The van der Waals surface area contributed by atoms with E-state index in [0.29, 0.717) is 38.6 Å². The molecule has 0 fully saturated rings. The van der Waals surface area contributed by atoms with Gasteiger partial charge in [0, 0.05) is 29.3 Å². The van der Waals surface area contributed by atoms with Gasteiger partial charge in [0.15, 0.2) is 4.80 Å². The van der Waals surface area contributed by atoms with E-state index in [2.05, 4.69) is 4.99 Å². The summed E-state index contributed by atoms with van der Waals surface area (Å²) in [5.74, 6) is -0.418. The van der Waals surface area contributed by atoms with Crippen molar-refractivity contribution in [1.82, 2.24) is 4.57 Å². The molecule has 0 atom stereocenters. The van der Waals surface area contributed by atoms with Crippen molar-refractivity contribution in [3.05, 3.63) is 61.8 Å². The highest BCUT2D eigenvalue weighted by atomic mass is 35.5. The van der Waals surface area contributed by atoms with Gasteiger partial charge in [-0.25, -0.2) is 0 Å². The molecule has 0 spiro atoms. The molecule has 8 heteroatoms. The van der Waals surface area contributed by atoms with Gasteiger partial charge >= 0.3 is 0 Å². The van der Waals surface area contributed by atoms with Gasteiger partial charge in [-0.2, -0.15) is 4.99 Å². The summed E-state index contributed by atoms with van der Waals surface area (Å²) in [7, 11) is 1.62. The number of carbonyl (C=O) groups is 1. The Labute approximate surface area is 163 Å². The van der Waals surface area contributed by atoms with E-state index in [4.69, 9.17) is 39.5 Å². The Balaban J connectivity index is 2.14. The summed E-state index contributed by atoms with van der Waals surface area (Å²) in [5.41, 5.74) is 1.17. The zero-order chi connectivity index (χ0) is 18.0. The van der Waals surface area contributed by atoms with Crippen molar-refractivity contribution in [2.75, 3.05) is 13.7 Å². The first kappa shape index (κ1) is 18.4. The van der Waals surface area contributed by atoms with Crippen LogP contribution in [0.4, 0.5) is 0 Å². The summed E-state index contributed by atoms with van der Waals surface area (Å²) in [4.78, 5) is 17.3. The standard InChI is InChI=1S/C17H13Cl3N2O2S/c1-24-6-5-22-15-13(20)3-2-4-14(15)25-17(22)21-16(23)10-7-11(18)9-12(19)8-10/h2-4,7-9H,5-6H2,1H3. The van der Waals surface area contributed by atoms with Gasteiger partial charge in [0.2, 0.25) is 0 Å².